The summed E-state index contributed by atoms with van der Waals surface area (Å²) in [7, 11) is 0. The highest BCUT2D eigenvalue weighted by Gasteiger charge is 2.78. The summed E-state index contributed by atoms with van der Waals surface area (Å²) in [5.41, 5.74) is 0. The Morgan fingerprint density at radius 3 is 2.40 bits per heavy atom. The largest absolute Gasteiger partial charge is 0.117 e. The van der Waals surface area contributed by atoms with Gasteiger partial charge in [0.25, 0.3) is 0 Å². The molecule has 3 fully saturated rings. The maximum Gasteiger partial charge on any atom is 0.0644 e. The van der Waals surface area contributed by atoms with E-state index in [0.29, 0.717) is 4.32 Å². The normalized spacial score (nSPS) is 70.2. The molecule has 2 bridgehead atoms. The van der Waals surface area contributed by atoms with Crippen molar-refractivity contribution in [2.45, 2.75) is 34.9 Å². The molecule has 0 aromatic carbocycles. The van der Waals surface area contributed by atoms with Crippen LogP contribution < -0.4 is 0 Å². The second-order valence-corrected chi connectivity index (χ2v) is 6.20. The van der Waals surface area contributed by atoms with Gasteiger partial charge in [0.2, 0.25) is 0 Å². The van der Waals surface area contributed by atoms with Crippen LogP contribution in [0.2, 0.25) is 0 Å². The van der Waals surface area contributed by atoms with Gasteiger partial charge in [0.1, 0.15) is 0 Å². The van der Waals surface area contributed by atoms with Crippen LogP contribution in [0, 0.1) is 11.8 Å². The molecule has 0 amide bonds. The third-order valence-corrected chi connectivity index (χ3v) is 6.45. The Morgan fingerprint density at radius 1 is 1.30 bits per heavy atom. The molecule has 0 aromatic rings. The molecule has 0 saturated heterocycles. The topological polar surface area (TPSA) is 0 Å². The van der Waals surface area contributed by atoms with Crippen molar-refractivity contribution in [2.75, 3.05) is 0 Å². The van der Waals surface area contributed by atoms with Crippen LogP contribution in [0.3, 0.4) is 0 Å². The van der Waals surface area contributed by atoms with Crippen molar-refractivity contribution in [3.8, 4) is 0 Å². The summed E-state index contributed by atoms with van der Waals surface area (Å²) in [5, 5.41) is 0. The fraction of sp³-hybridized carbons (Fsp3) is 1.00. The van der Waals surface area contributed by atoms with Crippen molar-refractivity contribution in [2.24, 2.45) is 11.8 Å². The van der Waals surface area contributed by atoms with Gasteiger partial charge >= 0.3 is 0 Å². The van der Waals surface area contributed by atoms with Crippen molar-refractivity contribution in [1.29, 1.82) is 0 Å². The zero-order valence-corrected chi connectivity index (χ0v) is 8.08. The van der Waals surface area contributed by atoms with Gasteiger partial charge in [-0.15, -0.1) is 11.6 Å². The Labute approximate surface area is 74.4 Å². The predicted molar refractivity (Wildman–Crippen MR) is 45.7 cm³/mol. The highest BCUT2D eigenvalue weighted by atomic mass is 79.9. The van der Waals surface area contributed by atoms with Crippen LogP contribution in [-0.2, 0) is 0 Å². The van der Waals surface area contributed by atoms with Crippen LogP contribution in [0.4, 0.5) is 0 Å². The fourth-order valence-electron chi connectivity index (χ4n) is 3.11. The second kappa shape index (κ2) is 1.45. The minimum absolute atomic E-state index is 0.204. The third kappa shape index (κ3) is 0.438. The first kappa shape index (κ1) is 6.30. The van der Waals surface area contributed by atoms with E-state index in [1.165, 1.54) is 25.7 Å². The molecular formula is C8H10BrCl. The number of rotatable bonds is 0. The van der Waals surface area contributed by atoms with E-state index in [1.807, 2.05) is 0 Å². The van der Waals surface area contributed by atoms with Crippen molar-refractivity contribution in [1.82, 2.24) is 0 Å². The van der Waals surface area contributed by atoms with Gasteiger partial charge in [-0.25, -0.2) is 0 Å². The molecule has 0 aliphatic heterocycles. The number of halogens is 2. The lowest BCUT2D eigenvalue weighted by atomic mass is 10.0. The smallest absolute Gasteiger partial charge is 0.0644 e. The molecular weight excluding hydrogens is 211 g/mol. The summed E-state index contributed by atoms with van der Waals surface area (Å²) in [6, 6.07) is 0. The van der Waals surface area contributed by atoms with Gasteiger partial charge in [0.05, 0.1) is 4.87 Å². The van der Waals surface area contributed by atoms with Gasteiger partial charge < -0.3 is 0 Å². The van der Waals surface area contributed by atoms with Crippen molar-refractivity contribution >= 4 is 27.5 Å². The molecule has 0 unspecified atom stereocenters. The Bertz CT molecular complexity index is 185. The van der Waals surface area contributed by atoms with Gasteiger partial charge in [-0.2, -0.15) is 0 Å². The van der Waals surface area contributed by atoms with E-state index >= 15 is 0 Å². The summed E-state index contributed by atoms with van der Waals surface area (Å²) in [5.74, 6) is 1.76. The molecule has 3 rings (SSSR count). The quantitative estimate of drug-likeness (QED) is 0.552. The average Bonchev–Trinajstić information content (AvgIpc) is 2.25. The molecule has 0 aromatic heterocycles. The lowest BCUT2D eigenvalue weighted by molar-refractivity contribution is 0.503. The molecule has 0 N–H and O–H groups in total. The maximum absolute atomic E-state index is 6.43. The zero-order chi connectivity index (χ0) is 6.98. The van der Waals surface area contributed by atoms with E-state index in [4.69, 9.17) is 11.6 Å². The van der Waals surface area contributed by atoms with E-state index in [2.05, 4.69) is 15.9 Å². The molecule has 0 radical (unpaired) electrons. The summed E-state index contributed by atoms with van der Waals surface area (Å²) in [6.07, 6.45) is 5.44. The summed E-state index contributed by atoms with van der Waals surface area (Å²) in [4.78, 5) is 0.204. The summed E-state index contributed by atoms with van der Waals surface area (Å²) < 4.78 is 0.393. The van der Waals surface area contributed by atoms with Crippen LogP contribution in [0.25, 0.3) is 0 Å². The highest BCUT2D eigenvalue weighted by molar-refractivity contribution is 9.10. The van der Waals surface area contributed by atoms with Crippen LogP contribution in [-0.4, -0.2) is 9.20 Å². The van der Waals surface area contributed by atoms with Crippen LogP contribution in [0.1, 0.15) is 25.7 Å². The number of alkyl halides is 2. The molecule has 4 atom stereocenters. The van der Waals surface area contributed by atoms with E-state index in [0.717, 1.165) is 11.8 Å². The van der Waals surface area contributed by atoms with Gasteiger partial charge in [-0.1, -0.05) is 15.9 Å². The zero-order valence-electron chi connectivity index (χ0n) is 5.74. The van der Waals surface area contributed by atoms with Gasteiger partial charge in [-0.3, -0.25) is 0 Å². The second-order valence-electron chi connectivity index (χ2n) is 4.11. The maximum atomic E-state index is 6.43. The number of fused-ring (bicyclic) bond motifs is 5. The molecule has 3 aliphatic carbocycles. The molecule has 2 heteroatoms. The van der Waals surface area contributed by atoms with Crippen molar-refractivity contribution < 1.29 is 0 Å². The summed E-state index contributed by atoms with van der Waals surface area (Å²) in [6.45, 7) is 0. The van der Waals surface area contributed by atoms with Crippen LogP contribution in [0.5, 0.6) is 0 Å². The number of hydrogen-bond donors (Lipinski definition) is 0. The van der Waals surface area contributed by atoms with Crippen LogP contribution in [0.15, 0.2) is 0 Å². The lowest BCUT2D eigenvalue weighted by Crippen LogP contribution is -2.21. The first-order valence-electron chi connectivity index (χ1n) is 4.05. The Morgan fingerprint density at radius 2 is 2.00 bits per heavy atom. The van der Waals surface area contributed by atoms with Gasteiger partial charge in [0.15, 0.2) is 0 Å². The molecule has 0 heterocycles. The first-order chi connectivity index (χ1) is 4.67. The molecule has 0 nitrogen and oxygen atoms in total. The van der Waals surface area contributed by atoms with E-state index in [1.54, 1.807) is 0 Å². The number of hydrogen-bond acceptors (Lipinski definition) is 0. The van der Waals surface area contributed by atoms with E-state index in [-0.39, 0.29) is 4.87 Å². The first-order valence-corrected chi connectivity index (χ1v) is 5.22. The lowest BCUT2D eigenvalue weighted by Gasteiger charge is -2.19. The minimum atomic E-state index is 0.204. The van der Waals surface area contributed by atoms with Gasteiger partial charge in [-0.05, 0) is 37.5 Å². The predicted octanol–water partition coefficient (Wildman–Crippen LogP) is 2.93. The summed E-state index contributed by atoms with van der Waals surface area (Å²) >= 11 is 10.2. The highest BCUT2D eigenvalue weighted by Crippen LogP contribution is 2.78. The Hall–Kier alpha value is 0.770. The van der Waals surface area contributed by atoms with Gasteiger partial charge in [0, 0.05) is 4.32 Å². The molecule has 56 valence electrons. The Kier molecular flexibility index (Phi) is 0.914. The monoisotopic (exact) mass is 220 g/mol. The minimum Gasteiger partial charge on any atom is -0.117 e. The van der Waals surface area contributed by atoms with Crippen molar-refractivity contribution in [3.05, 3.63) is 0 Å². The molecule has 10 heavy (non-hydrogen) atoms. The van der Waals surface area contributed by atoms with Crippen molar-refractivity contribution in [3.63, 3.8) is 0 Å². The third-order valence-electron chi connectivity index (χ3n) is 3.81. The standard InChI is InChI=1S/C8H10BrCl/c9-7-4-8(7,10)6-2-1-5(7)3-6/h5-6H,1-4H2/t5-,6+,7+,8-/m1/s1. The molecule has 3 saturated carbocycles. The SMILES string of the molecule is Cl[C@@]12C[C@]1(Br)[C@@H]1CC[C@H]2C1. The van der Waals surface area contributed by atoms with Crippen LogP contribution >= 0.6 is 27.5 Å². The Balaban J connectivity index is 2.08. The average molecular weight is 222 g/mol. The molecule has 3 aliphatic rings. The fourth-order valence-corrected chi connectivity index (χ4v) is 5.02. The van der Waals surface area contributed by atoms with E-state index < -0.39 is 0 Å². The van der Waals surface area contributed by atoms with E-state index in [9.17, 15) is 0 Å². The molecule has 0 spiro atoms.